The summed E-state index contributed by atoms with van der Waals surface area (Å²) in [5, 5.41) is 6.83. The van der Waals surface area contributed by atoms with Crippen molar-refractivity contribution in [1.82, 2.24) is 9.97 Å². The van der Waals surface area contributed by atoms with Gasteiger partial charge in [-0.05, 0) is 24.5 Å². The summed E-state index contributed by atoms with van der Waals surface area (Å²) >= 11 is 3.59. The van der Waals surface area contributed by atoms with Crippen LogP contribution in [0.1, 0.15) is 18.4 Å². The number of anilines is 2. The number of benzene rings is 2. The summed E-state index contributed by atoms with van der Waals surface area (Å²) in [4.78, 5) is 9.32. The van der Waals surface area contributed by atoms with Crippen molar-refractivity contribution in [2.24, 2.45) is 0 Å². The lowest BCUT2D eigenvalue weighted by molar-refractivity contribution is 1.03. The third-order valence-corrected chi connectivity index (χ3v) is 4.90. The Bertz CT molecular complexity index is 863. The predicted molar refractivity (Wildman–Crippen MR) is 106 cm³/mol. The van der Waals surface area contributed by atoms with E-state index in [-0.39, 0.29) is 0 Å². The minimum atomic E-state index is 0.516. The van der Waals surface area contributed by atoms with Gasteiger partial charge in [0, 0.05) is 28.7 Å². The van der Waals surface area contributed by atoms with Crippen LogP contribution in [0.25, 0.3) is 11.3 Å². The lowest BCUT2D eigenvalue weighted by Crippen LogP contribution is -2.09. The Labute approximate surface area is 155 Å². The van der Waals surface area contributed by atoms with Gasteiger partial charge in [0.1, 0.15) is 5.82 Å². The van der Waals surface area contributed by atoms with Crippen molar-refractivity contribution in [2.45, 2.75) is 25.4 Å². The maximum atomic E-state index is 4.68. The van der Waals surface area contributed by atoms with Gasteiger partial charge in [0.25, 0.3) is 0 Å². The number of nitrogens with one attached hydrogen (secondary N) is 2. The molecule has 0 saturated heterocycles. The first kappa shape index (κ1) is 16.1. The molecule has 5 heteroatoms. The largest absolute Gasteiger partial charge is 0.366 e. The second kappa shape index (κ2) is 7.23. The van der Waals surface area contributed by atoms with Gasteiger partial charge in [-0.3, -0.25) is 0 Å². The molecule has 1 saturated carbocycles. The molecule has 1 heterocycles. The second-order valence-corrected chi connectivity index (χ2v) is 7.05. The first-order chi connectivity index (χ1) is 12.3. The second-order valence-electron chi connectivity index (χ2n) is 6.19. The number of hydrogen-bond donors (Lipinski definition) is 2. The van der Waals surface area contributed by atoms with E-state index in [2.05, 4.69) is 54.7 Å². The van der Waals surface area contributed by atoms with E-state index in [1.54, 1.807) is 0 Å². The van der Waals surface area contributed by atoms with Crippen molar-refractivity contribution in [3.05, 3.63) is 70.7 Å². The van der Waals surface area contributed by atoms with E-state index in [4.69, 9.17) is 0 Å². The van der Waals surface area contributed by atoms with Crippen LogP contribution < -0.4 is 10.6 Å². The SMILES string of the molecule is Brc1ccccc1CNc1cc(-c2ccccc2)nc(NC2CC2)n1. The van der Waals surface area contributed by atoms with Crippen molar-refractivity contribution < 1.29 is 0 Å². The smallest absolute Gasteiger partial charge is 0.225 e. The molecule has 25 heavy (non-hydrogen) atoms. The zero-order valence-electron chi connectivity index (χ0n) is 13.7. The monoisotopic (exact) mass is 394 g/mol. The normalized spacial score (nSPS) is 13.5. The molecule has 126 valence electrons. The Morgan fingerprint density at radius 2 is 1.72 bits per heavy atom. The molecule has 4 nitrogen and oxygen atoms in total. The van der Waals surface area contributed by atoms with Gasteiger partial charge in [-0.1, -0.05) is 64.5 Å². The van der Waals surface area contributed by atoms with E-state index < -0.39 is 0 Å². The summed E-state index contributed by atoms with van der Waals surface area (Å²) in [6, 6.07) is 20.9. The zero-order valence-corrected chi connectivity index (χ0v) is 15.3. The van der Waals surface area contributed by atoms with Crippen LogP contribution in [0.15, 0.2) is 65.1 Å². The highest BCUT2D eigenvalue weighted by molar-refractivity contribution is 9.10. The van der Waals surface area contributed by atoms with E-state index in [0.29, 0.717) is 18.5 Å². The van der Waals surface area contributed by atoms with Gasteiger partial charge < -0.3 is 10.6 Å². The summed E-state index contributed by atoms with van der Waals surface area (Å²) in [5.74, 6) is 1.52. The molecule has 4 rings (SSSR count). The van der Waals surface area contributed by atoms with Crippen molar-refractivity contribution in [3.8, 4) is 11.3 Å². The summed E-state index contributed by atoms with van der Waals surface area (Å²) in [7, 11) is 0. The van der Waals surface area contributed by atoms with Crippen molar-refractivity contribution in [2.75, 3.05) is 10.6 Å². The number of rotatable bonds is 6. The number of nitrogens with zero attached hydrogens (tertiary/aromatic N) is 2. The van der Waals surface area contributed by atoms with Crippen LogP contribution in [0.3, 0.4) is 0 Å². The average Bonchev–Trinajstić information content (AvgIpc) is 3.46. The summed E-state index contributed by atoms with van der Waals surface area (Å²) in [6.45, 7) is 0.704. The fourth-order valence-electron chi connectivity index (χ4n) is 2.60. The first-order valence-corrected chi connectivity index (χ1v) is 9.25. The quantitative estimate of drug-likeness (QED) is 0.610. The number of halogens is 1. The lowest BCUT2D eigenvalue weighted by atomic mass is 10.1. The van der Waals surface area contributed by atoms with E-state index in [0.717, 1.165) is 21.5 Å². The van der Waals surface area contributed by atoms with Crippen LogP contribution in [0.5, 0.6) is 0 Å². The molecule has 2 N–H and O–H groups in total. The van der Waals surface area contributed by atoms with Crippen LogP contribution >= 0.6 is 15.9 Å². The minimum Gasteiger partial charge on any atom is -0.366 e. The molecule has 1 aromatic heterocycles. The minimum absolute atomic E-state index is 0.516. The Balaban J connectivity index is 1.60. The van der Waals surface area contributed by atoms with Crippen molar-refractivity contribution in [3.63, 3.8) is 0 Å². The molecule has 3 aromatic rings. The third-order valence-electron chi connectivity index (χ3n) is 4.12. The topological polar surface area (TPSA) is 49.8 Å². The van der Waals surface area contributed by atoms with Gasteiger partial charge in [-0.15, -0.1) is 0 Å². The fourth-order valence-corrected chi connectivity index (χ4v) is 3.02. The molecule has 0 amide bonds. The summed E-state index contributed by atoms with van der Waals surface area (Å²) < 4.78 is 1.09. The first-order valence-electron chi connectivity index (χ1n) is 8.46. The number of hydrogen-bond acceptors (Lipinski definition) is 4. The van der Waals surface area contributed by atoms with Gasteiger partial charge in [-0.2, -0.15) is 4.98 Å². The molecule has 0 bridgehead atoms. The molecule has 0 radical (unpaired) electrons. The van der Waals surface area contributed by atoms with Crippen molar-refractivity contribution in [1.29, 1.82) is 0 Å². The highest BCUT2D eigenvalue weighted by Crippen LogP contribution is 2.26. The van der Waals surface area contributed by atoms with Gasteiger partial charge in [0.15, 0.2) is 0 Å². The van der Waals surface area contributed by atoms with Gasteiger partial charge in [0.05, 0.1) is 5.69 Å². The Kier molecular flexibility index (Phi) is 4.65. The third kappa shape index (κ3) is 4.17. The molecule has 0 spiro atoms. The lowest BCUT2D eigenvalue weighted by Gasteiger charge is -2.12. The predicted octanol–water partition coefficient (Wildman–Crippen LogP) is 5.09. The molecule has 1 fully saturated rings. The molecule has 1 aliphatic carbocycles. The Morgan fingerprint density at radius 3 is 2.48 bits per heavy atom. The fraction of sp³-hybridized carbons (Fsp3) is 0.200. The van der Waals surface area contributed by atoms with Crippen LogP contribution in [-0.4, -0.2) is 16.0 Å². The van der Waals surface area contributed by atoms with Crippen LogP contribution in [0.2, 0.25) is 0 Å². The number of aromatic nitrogens is 2. The van der Waals surface area contributed by atoms with Crippen LogP contribution in [-0.2, 0) is 6.54 Å². The molecular weight excluding hydrogens is 376 g/mol. The van der Waals surface area contributed by atoms with Crippen molar-refractivity contribution >= 4 is 27.7 Å². The highest BCUT2D eigenvalue weighted by atomic mass is 79.9. The van der Waals surface area contributed by atoms with E-state index in [1.165, 1.54) is 18.4 Å². The molecule has 1 aliphatic rings. The van der Waals surface area contributed by atoms with E-state index >= 15 is 0 Å². The zero-order chi connectivity index (χ0) is 17.1. The Morgan fingerprint density at radius 1 is 0.960 bits per heavy atom. The van der Waals surface area contributed by atoms with Gasteiger partial charge in [-0.25, -0.2) is 4.98 Å². The van der Waals surface area contributed by atoms with Gasteiger partial charge in [0.2, 0.25) is 5.95 Å². The molecule has 0 atom stereocenters. The summed E-state index contributed by atoms with van der Waals surface area (Å²) in [6.07, 6.45) is 2.39. The van der Waals surface area contributed by atoms with Crippen LogP contribution in [0.4, 0.5) is 11.8 Å². The molecule has 0 unspecified atom stereocenters. The van der Waals surface area contributed by atoms with Gasteiger partial charge >= 0.3 is 0 Å². The average molecular weight is 395 g/mol. The maximum Gasteiger partial charge on any atom is 0.225 e. The van der Waals surface area contributed by atoms with E-state index in [9.17, 15) is 0 Å². The maximum absolute atomic E-state index is 4.68. The molecule has 0 aliphatic heterocycles. The molecular formula is C20H19BrN4. The standard InChI is InChI=1S/C20H19BrN4/c21-17-9-5-4-8-15(17)13-22-19-12-18(14-6-2-1-3-7-14)24-20(25-19)23-16-10-11-16/h1-9,12,16H,10-11,13H2,(H2,22,23,24,25). The Hall–Kier alpha value is -2.40. The highest BCUT2D eigenvalue weighted by Gasteiger charge is 2.22. The van der Waals surface area contributed by atoms with Crippen LogP contribution in [0, 0.1) is 0 Å². The summed E-state index contributed by atoms with van der Waals surface area (Å²) in [5.41, 5.74) is 3.21. The van der Waals surface area contributed by atoms with E-state index in [1.807, 2.05) is 42.5 Å². The molecule has 2 aromatic carbocycles.